The van der Waals surface area contributed by atoms with E-state index in [4.69, 9.17) is 25.8 Å². The molecule has 0 atom stereocenters. The summed E-state index contributed by atoms with van der Waals surface area (Å²) in [6.07, 6.45) is 1.49. The molecule has 3 aromatic rings. The van der Waals surface area contributed by atoms with Crippen LogP contribution in [0.15, 0.2) is 71.4 Å². The summed E-state index contributed by atoms with van der Waals surface area (Å²) >= 11 is 6.12. The number of hydrogen-bond acceptors (Lipinski definition) is 9. The molecule has 0 aliphatic carbocycles. The zero-order valence-electron chi connectivity index (χ0n) is 19.3. The van der Waals surface area contributed by atoms with E-state index < -0.39 is 15.8 Å². The van der Waals surface area contributed by atoms with Crippen LogP contribution < -0.4 is 9.47 Å². The van der Waals surface area contributed by atoms with Gasteiger partial charge in [-0.2, -0.15) is 0 Å². The van der Waals surface area contributed by atoms with Crippen LogP contribution in [0.4, 0.5) is 11.4 Å². The molecule has 1 aliphatic heterocycles. The molecule has 3 aromatic carbocycles. The van der Waals surface area contributed by atoms with E-state index in [-0.39, 0.29) is 40.2 Å². The quantitative estimate of drug-likeness (QED) is 0.155. The number of carbonyl (C=O) groups is 1. The minimum absolute atomic E-state index is 0.00266. The van der Waals surface area contributed by atoms with Gasteiger partial charge in [-0.3, -0.25) is 20.2 Å². The van der Waals surface area contributed by atoms with Crippen molar-refractivity contribution in [2.45, 2.75) is 13.5 Å². The summed E-state index contributed by atoms with van der Waals surface area (Å²) in [6.45, 7) is 2.22. The Balaban J connectivity index is 1.56. The van der Waals surface area contributed by atoms with E-state index in [0.29, 0.717) is 29.2 Å². The topological polar surface area (TPSA) is 143 Å². The molecule has 1 heterocycles. The van der Waals surface area contributed by atoms with Gasteiger partial charge in [-0.15, -0.1) is 0 Å². The summed E-state index contributed by atoms with van der Waals surface area (Å²) in [7, 11) is 0. The molecule has 0 unspecified atom stereocenters. The monoisotopic (exact) mass is 523 g/mol. The average molecular weight is 524 g/mol. The zero-order valence-corrected chi connectivity index (χ0v) is 20.0. The number of nitro benzene ring substituents is 2. The van der Waals surface area contributed by atoms with Crippen LogP contribution in [0.25, 0.3) is 6.08 Å². The van der Waals surface area contributed by atoms with Gasteiger partial charge in [0, 0.05) is 24.3 Å². The molecule has 1 aliphatic rings. The average Bonchev–Trinajstić information content (AvgIpc) is 3.23. The molecule has 11 nitrogen and oxygen atoms in total. The molecule has 0 saturated heterocycles. The van der Waals surface area contributed by atoms with Crippen LogP contribution in [-0.4, -0.2) is 28.3 Å². The Hall–Kier alpha value is -4.77. The second kappa shape index (κ2) is 10.9. The normalized spacial score (nSPS) is 13.7. The lowest BCUT2D eigenvalue weighted by molar-refractivity contribution is -0.385. The number of hydrogen-bond donors (Lipinski definition) is 0. The zero-order chi connectivity index (χ0) is 26.5. The first-order valence-electron chi connectivity index (χ1n) is 10.8. The van der Waals surface area contributed by atoms with Gasteiger partial charge in [0.15, 0.2) is 17.2 Å². The molecule has 0 bridgehead atoms. The Labute approximate surface area is 214 Å². The molecule has 0 saturated carbocycles. The van der Waals surface area contributed by atoms with Crippen LogP contribution in [0.2, 0.25) is 5.02 Å². The maximum absolute atomic E-state index is 12.4. The van der Waals surface area contributed by atoms with Crippen molar-refractivity contribution < 1.29 is 28.9 Å². The van der Waals surface area contributed by atoms with E-state index in [1.165, 1.54) is 30.3 Å². The molecule has 0 amide bonds. The standard InChI is InChI=1S/C25H18ClN3O8/c1-2-35-23-12-15(6-9-22(23)36-14-16-4-3-5-17(10-16)28(31)32)11-21-25(30)37-24(27-21)19-8-7-18(29(33)34)13-20(19)26/h3-13H,2,14H2,1H3/b21-11-. The number of benzene rings is 3. The number of aliphatic imine (C=N–C) groups is 1. The van der Waals surface area contributed by atoms with Crippen molar-refractivity contribution in [3.8, 4) is 11.5 Å². The van der Waals surface area contributed by atoms with Gasteiger partial charge in [0.2, 0.25) is 5.90 Å². The lowest BCUT2D eigenvalue weighted by atomic mass is 10.1. The maximum Gasteiger partial charge on any atom is 0.363 e. The lowest BCUT2D eigenvalue weighted by Crippen LogP contribution is -2.06. The van der Waals surface area contributed by atoms with Crippen molar-refractivity contribution in [2.24, 2.45) is 4.99 Å². The molecule has 4 rings (SSSR count). The van der Waals surface area contributed by atoms with Crippen molar-refractivity contribution in [3.05, 3.63) is 108 Å². The van der Waals surface area contributed by atoms with Crippen LogP contribution in [-0.2, 0) is 16.1 Å². The Kier molecular flexibility index (Phi) is 7.44. The Morgan fingerprint density at radius 2 is 1.73 bits per heavy atom. The second-order valence-corrected chi connectivity index (χ2v) is 8.02. The number of esters is 1. The summed E-state index contributed by atoms with van der Waals surface area (Å²) < 4.78 is 16.7. The van der Waals surface area contributed by atoms with E-state index in [0.717, 1.165) is 6.07 Å². The van der Waals surface area contributed by atoms with E-state index >= 15 is 0 Å². The molecule has 0 N–H and O–H groups in total. The highest BCUT2D eigenvalue weighted by Gasteiger charge is 2.26. The van der Waals surface area contributed by atoms with E-state index in [2.05, 4.69) is 4.99 Å². The van der Waals surface area contributed by atoms with Crippen molar-refractivity contribution in [1.29, 1.82) is 0 Å². The van der Waals surface area contributed by atoms with Crippen molar-refractivity contribution in [3.63, 3.8) is 0 Å². The van der Waals surface area contributed by atoms with Crippen LogP contribution in [0, 0.1) is 20.2 Å². The molecule has 0 spiro atoms. The first-order chi connectivity index (χ1) is 17.7. The van der Waals surface area contributed by atoms with Crippen LogP contribution >= 0.6 is 11.6 Å². The van der Waals surface area contributed by atoms with Gasteiger partial charge in [-0.1, -0.05) is 29.8 Å². The van der Waals surface area contributed by atoms with Crippen LogP contribution in [0.3, 0.4) is 0 Å². The number of carbonyl (C=O) groups excluding carboxylic acids is 1. The predicted octanol–water partition coefficient (Wildman–Crippen LogP) is 5.48. The van der Waals surface area contributed by atoms with Crippen molar-refractivity contribution in [1.82, 2.24) is 0 Å². The summed E-state index contributed by atoms with van der Waals surface area (Å²) in [5, 5.41) is 21.9. The van der Waals surface area contributed by atoms with Crippen molar-refractivity contribution >= 4 is 40.9 Å². The smallest absolute Gasteiger partial charge is 0.363 e. The summed E-state index contributed by atoms with van der Waals surface area (Å²) in [5.41, 5.74) is 1.18. The molecule has 37 heavy (non-hydrogen) atoms. The number of nitro groups is 2. The number of halogens is 1. The Bertz CT molecular complexity index is 1470. The Morgan fingerprint density at radius 3 is 2.43 bits per heavy atom. The fourth-order valence-corrected chi connectivity index (χ4v) is 3.65. The molecule has 0 aromatic heterocycles. The highest BCUT2D eigenvalue weighted by molar-refractivity contribution is 6.34. The van der Waals surface area contributed by atoms with Gasteiger partial charge in [-0.05, 0) is 42.3 Å². The minimum Gasteiger partial charge on any atom is -0.490 e. The summed E-state index contributed by atoms with van der Waals surface area (Å²) in [5.74, 6) is 0.0223. The van der Waals surface area contributed by atoms with Gasteiger partial charge in [-0.25, -0.2) is 9.79 Å². The first kappa shape index (κ1) is 25.3. The molecule has 188 valence electrons. The number of cyclic esters (lactones) is 1. The fraction of sp³-hybridized carbons (Fsp3) is 0.120. The van der Waals surface area contributed by atoms with E-state index in [9.17, 15) is 25.0 Å². The third-order valence-electron chi connectivity index (χ3n) is 5.10. The number of non-ortho nitro benzene ring substituents is 2. The molecule has 0 fully saturated rings. The fourth-order valence-electron chi connectivity index (χ4n) is 3.40. The SMILES string of the molecule is CCOc1cc(/C=C2\N=C(c3ccc([N+](=O)[O-])cc3Cl)OC2=O)ccc1OCc1cccc([N+](=O)[O-])c1. The second-order valence-electron chi connectivity index (χ2n) is 7.61. The van der Waals surface area contributed by atoms with Gasteiger partial charge in [0.1, 0.15) is 6.61 Å². The van der Waals surface area contributed by atoms with Crippen LogP contribution in [0.5, 0.6) is 11.5 Å². The first-order valence-corrected chi connectivity index (χ1v) is 11.2. The highest BCUT2D eigenvalue weighted by Crippen LogP contribution is 2.32. The summed E-state index contributed by atoms with van der Waals surface area (Å²) in [6, 6.07) is 14.8. The third-order valence-corrected chi connectivity index (χ3v) is 5.41. The molecule has 0 radical (unpaired) electrons. The van der Waals surface area contributed by atoms with Gasteiger partial charge < -0.3 is 14.2 Å². The minimum atomic E-state index is -0.714. The number of nitrogens with zero attached hydrogens (tertiary/aromatic N) is 3. The third kappa shape index (κ3) is 5.90. The molecule has 12 heteroatoms. The van der Waals surface area contributed by atoms with E-state index in [1.54, 1.807) is 37.3 Å². The Morgan fingerprint density at radius 1 is 0.973 bits per heavy atom. The van der Waals surface area contributed by atoms with Crippen molar-refractivity contribution in [2.75, 3.05) is 6.61 Å². The highest BCUT2D eigenvalue weighted by atomic mass is 35.5. The van der Waals surface area contributed by atoms with E-state index in [1.807, 2.05) is 0 Å². The van der Waals surface area contributed by atoms with Crippen LogP contribution in [0.1, 0.15) is 23.6 Å². The van der Waals surface area contributed by atoms with Gasteiger partial charge in [0.25, 0.3) is 11.4 Å². The number of rotatable bonds is 9. The maximum atomic E-state index is 12.4. The lowest BCUT2D eigenvalue weighted by Gasteiger charge is -2.13. The number of ether oxygens (including phenoxy) is 3. The summed E-state index contributed by atoms with van der Waals surface area (Å²) in [4.78, 5) is 37.4. The largest absolute Gasteiger partial charge is 0.490 e. The molecular weight excluding hydrogens is 506 g/mol. The predicted molar refractivity (Wildman–Crippen MR) is 134 cm³/mol. The molecular formula is C25H18ClN3O8. The van der Waals surface area contributed by atoms with Gasteiger partial charge in [0.05, 0.1) is 27.0 Å². The van der Waals surface area contributed by atoms with Gasteiger partial charge >= 0.3 is 5.97 Å².